The van der Waals surface area contributed by atoms with Crippen LogP contribution in [0.5, 0.6) is 5.75 Å². The number of unbranched alkanes of at least 4 members (excludes halogenated alkanes) is 17. The van der Waals surface area contributed by atoms with Crippen molar-refractivity contribution in [1.82, 2.24) is 4.90 Å². The molecule has 1 aromatic rings. The molecule has 0 aliphatic carbocycles. The molecule has 1 saturated heterocycles. The molecule has 0 saturated carbocycles. The molecule has 0 aromatic heterocycles. The first-order valence-corrected chi connectivity index (χ1v) is 16.1. The maximum Gasteiger partial charge on any atom is 0.119 e. The third-order valence-electron chi connectivity index (χ3n) is 7.97. The van der Waals surface area contributed by atoms with Gasteiger partial charge in [0.2, 0.25) is 0 Å². The van der Waals surface area contributed by atoms with Gasteiger partial charge in [-0.2, -0.15) is 0 Å². The highest BCUT2D eigenvalue weighted by Gasteiger charge is 2.16. The van der Waals surface area contributed by atoms with E-state index >= 15 is 0 Å². The Hall–Kier alpha value is -1.48. The number of piperazine rings is 1. The van der Waals surface area contributed by atoms with Crippen LogP contribution >= 0.6 is 0 Å². The lowest BCUT2D eigenvalue weighted by molar-refractivity contribution is 0.252. The number of ether oxygens (including phenoxy) is 1. The predicted molar refractivity (Wildman–Crippen MR) is 164 cm³/mol. The lowest BCUT2D eigenvalue weighted by Crippen LogP contribution is -2.46. The van der Waals surface area contributed by atoms with Gasteiger partial charge in [-0.25, -0.2) is 0 Å². The molecule has 0 atom stereocenters. The van der Waals surface area contributed by atoms with E-state index in [1.165, 1.54) is 134 Å². The van der Waals surface area contributed by atoms with Gasteiger partial charge in [-0.3, -0.25) is 4.90 Å². The summed E-state index contributed by atoms with van der Waals surface area (Å²) < 4.78 is 5.94. The molecule has 1 aromatic carbocycles. The van der Waals surface area contributed by atoms with Crippen LogP contribution in [0.2, 0.25) is 0 Å². The Morgan fingerprint density at radius 2 is 1.16 bits per heavy atom. The van der Waals surface area contributed by atoms with Gasteiger partial charge in [-0.1, -0.05) is 109 Å². The van der Waals surface area contributed by atoms with Crippen LogP contribution in [0.3, 0.4) is 0 Å². The molecule has 1 aliphatic rings. The van der Waals surface area contributed by atoms with Crippen molar-refractivity contribution in [2.75, 3.05) is 44.2 Å². The molecule has 1 heterocycles. The van der Waals surface area contributed by atoms with Crippen LogP contribution in [-0.4, -0.2) is 44.2 Å². The minimum atomic E-state index is 0.825. The van der Waals surface area contributed by atoms with Gasteiger partial charge in [-0.15, -0.1) is 6.58 Å². The summed E-state index contributed by atoms with van der Waals surface area (Å²) in [4.78, 5) is 5.20. The number of hydrogen-bond acceptors (Lipinski definition) is 3. The molecule has 1 fully saturated rings. The van der Waals surface area contributed by atoms with E-state index in [2.05, 4.69) is 47.6 Å². The van der Waals surface area contributed by atoms with Crippen molar-refractivity contribution in [3.05, 3.63) is 36.9 Å². The smallest absolute Gasteiger partial charge is 0.119 e. The summed E-state index contributed by atoms with van der Waals surface area (Å²) in [5, 5.41) is 0. The van der Waals surface area contributed by atoms with Crippen molar-refractivity contribution < 1.29 is 4.74 Å². The fraction of sp³-hybridized carbons (Fsp3) is 0.765. The zero-order chi connectivity index (χ0) is 26.2. The molecule has 212 valence electrons. The summed E-state index contributed by atoms with van der Waals surface area (Å²) in [6.45, 7) is 12.9. The first-order chi connectivity index (χ1) is 18.3. The van der Waals surface area contributed by atoms with Crippen LogP contribution in [0, 0.1) is 0 Å². The number of benzene rings is 1. The van der Waals surface area contributed by atoms with Gasteiger partial charge >= 0.3 is 0 Å². The summed E-state index contributed by atoms with van der Waals surface area (Å²) in [6.07, 6.45) is 28.2. The highest BCUT2D eigenvalue weighted by atomic mass is 16.5. The molecular formula is C34H60N2O. The van der Waals surface area contributed by atoms with E-state index in [1.54, 1.807) is 0 Å². The molecular weight excluding hydrogens is 452 g/mol. The third kappa shape index (κ3) is 16.2. The second kappa shape index (κ2) is 22.5. The summed E-state index contributed by atoms with van der Waals surface area (Å²) in [5.74, 6) is 1.01. The van der Waals surface area contributed by atoms with Crippen LogP contribution < -0.4 is 9.64 Å². The van der Waals surface area contributed by atoms with Gasteiger partial charge in [0.25, 0.3) is 0 Å². The van der Waals surface area contributed by atoms with E-state index in [0.29, 0.717) is 0 Å². The van der Waals surface area contributed by atoms with Gasteiger partial charge in [0.15, 0.2) is 0 Å². The standard InChI is InChI=1S/C34H60N2O/c1-3-5-7-9-11-12-13-14-15-16-17-18-19-21-27-35-28-30-36(31-29-35)33-23-25-34(26-24-33)37-32-22-20-10-8-6-4-2/h4,23-26H,2-3,5-22,27-32H2,1H3. The Morgan fingerprint density at radius 1 is 0.649 bits per heavy atom. The van der Waals surface area contributed by atoms with Gasteiger partial charge in [0.05, 0.1) is 6.61 Å². The molecule has 1 aliphatic heterocycles. The number of anilines is 1. The Balaban J connectivity index is 1.41. The first kappa shape index (κ1) is 31.7. The minimum absolute atomic E-state index is 0.825. The molecule has 0 unspecified atom stereocenters. The van der Waals surface area contributed by atoms with Gasteiger partial charge < -0.3 is 9.64 Å². The van der Waals surface area contributed by atoms with E-state index in [9.17, 15) is 0 Å². The number of allylic oxidation sites excluding steroid dienone is 1. The number of nitrogens with zero attached hydrogens (tertiary/aromatic N) is 2. The summed E-state index contributed by atoms with van der Waals surface area (Å²) in [6, 6.07) is 8.77. The highest BCUT2D eigenvalue weighted by molar-refractivity contribution is 5.49. The number of hydrogen-bond donors (Lipinski definition) is 0. The van der Waals surface area contributed by atoms with Crippen molar-refractivity contribution >= 4 is 5.69 Å². The molecule has 2 rings (SSSR count). The fourth-order valence-corrected chi connectivity index (χ4v) is 5.45. The van der Waals surface area contributed by atoms with Crippen molar-refractivity contribution in [2.45, 2.75) is 129 Å². The van der Waals surface area contributed by atoms with Crippen molar-refractivity contribution in [3.63, 3.8) is 0 Å². The van der Waals surface area contributed by atoms with Crippen LogP contribution in [-0.2, 0) is 0 Å². The first-order valence-electron chi connectivity index (χ1n) is 16.1. The molecule has 3 heteroatoms. The van der Waals surface area contributed by atoms with Crippen LogP contribution in [0.15, 0.2) is 36.9 Å². The van der Waals surface area contributed by atoms with E-state index in [0.717, 1.165) is 38.3 Å². The van der Waals surface area contributed by atoms with E-state index in [-0.39, 0.29) is 0 Å². The predicted octanol–water partition coefficient (Wildman–Crippen LogP) is 9.81. The average Bonchev–Trinajstić information content (AvgIpc) is 2.93. The molecule has 0 amide bonds. The maximum absolute atomic E-state index is 5.94. The Bertz CT molecular complexity index is 636. The summed E-state index contributed by atoms with van der Waals surface area (Å²) in [5.41, 5.74) is 1.34. The molecule has 0 radical (unpaired) electrons. The molecule has 0 N–H and O–H groups in total. The second-order valence-electron chi connectivity index (χ2n) is 11.3. The van der Waals surface area contributed by atoms with Crippen LogP contribution in [0.1, 0.15) is 129 Å². The minimum Gasteiger partial charge on any atom is -0.494 e. The SMILES string of the molecule is C=CCCCCCCOc1ccc(N2CCN(CCCCCCCCCCCCCCCC)CC2)cc1. The average molecular weight is 513 g/mol. The van der Waals surface area contributed by atoms with Gasteiger partial charge in [-0.05, 0) is 56.5 Å². The topological polar surface area (TPSA) is 15.7 Å². The van der Waals surface area contributed by atoms with Crippen LogP contribution in [0.4, 0.5) is 5.69 Å². The summed E-state index contributed by atoms with van der Waals surface area (Å²) in [7, 11) is 0. The van der Waals surface area contributed by atoms with Crippen LogP contribution in [0.25, 0.3) is 0 Å². The Morgan fingerprint density at radius 3 is 1.73 bits per heavy atom. The Kier molecular flexibility index (Phi) is 19.3. The van der Waals surface area contributed by atoms with E-state index < -0.39 is 0 Å². The number of rotatable bonds is 24. The normalized spacial score (nSPS) is 14.2. The second-order valence-corrected chi connectivity index (χ2v) is 11.3. The monoisotopic (exact) mass is 512 g/mol. The zero-order valence-corrected chi connectivity index (χ0v) is 24.6. The van der Waals surface area contributed by atoms with Crippen molar-refractivity contribution in [3.8, 4) is 5.75 Å². The molecule has 0 spiro atoms. The van der Waals surface area contributed by atoms with Crippen molar-refractivity contribution in [2.24, 2.45) is 0 Å². The van der Waals surface area contributed by atoms with E-state index in [4.69, 9.17) is 4.74 Å². The zero-order valence-electron chi connectivity index (χ0n) is 24.6. The lowest BCUT2D eigenvalue weighted by atomic mass is 10.0. The fourth-order valence-electron chi connectivity index (χ4n) is 5.45. The maximum atomic E-state index is 5.94. The molecule has 0 bridgehead atoms. The molecule has 3 nitrogen and oxygen atoms in total. The Labute approximate surface area is 231 Å². The van der Waals surface area contributed by atoms with E-state index in [1.807, 2.05) is 6.08 Å². The lowest BCUT2D eigenvalue weighted by Gasteiger charge is -2.36. The quantitative estimate of drug-likeness (QED) is 0.101. The third-order valence-corrected chi connectivity index (χ3v) is 7.97. The highest BCUT2D eigenvalue weighted by Crippen LogP contribution is 2.21. The van der Waals surface area contributed by atoms with Gasteiger partial charge in [0, 0.05) is 31.9 Å². The van der Waals surface area contributed by atoms with Crippen molar-refractivity contribution in [1.29, 1.82) is 0 Å². The summed E-state index contributed by atoms with van der Waals surface area (Å²) >= 11 is 0. The molecule has 37 heavy (non-hydrogen) atoms. The van der Waals surface area contributed by atoms with Gasteiger partial charge in [0.1, 0.15) is 5.75 Å². The largest absolute Gasteiger partial charge is 0.494 e.